The summed E-state index contributed by atoms with van der Waals surface area (Å²) in [7, 11) is 0. The molecule has 19 heavy (non-hydrogen) atoms. The van der Waals surface area contributed by atoms with E-state index in [1.54, 1.807) is 37.3 Å². The molecule has 5 heteroatoms. The van der Waals surface area contributed by atoms with Gasteiger partial charge in [0.1, 0.15) is 5.71 Å². The fraction of sp³-hybridized carbons (Fsp3) is 0.0714. The summed E-state index contributed by atoms with van der Waals surface area (Å²) in [6, 6.07) is 6.53. The molecule has 1 aromatic carbocycles. The Labute approximate surface area is 115 Å². The zero-order chi connectivity index (χ0) is 13.8. The highest BCUT2D eigenvalue weighted by Crippen LogP contribution is 2.16. The highest BCUT2D eigenvalue weighted by molar-refractivity contribution is 6.33. The number of ketones is 1. The fourth-order valence-electron chi connectivity index (χ4n) is 1.46. The first-order valence-corrected chi connectivity index (χ1v) is 5.90. The number of carbonyl (C=O) groups excluding carboxylic acids is 2. The van der Waals surface area contributed by atoms with Gasteiger partial charge in [0.05, 0.1) is 10.6 Å². The third kappa shape index (κ3) is 3.17. The van der Waals surface area contributed by atoms with Gasteiger partial charge in [-0.2, -0.15) is 0 Å². The summed E-state index contributed by atoms with van der Waals surface area (Å²) in [5.41, 5.74) is 1.18. The third-order valence-corrected chi connectivity index (χ3v) is 2.82. The second-order valence-electron chi connectivity index (χ2n) is 3.90. The smallest absolute Gasteiger partial charge is 0.312 e. The summed E-state index contributed by atoms with van der Waals surface area (Å²) < 4.78 is 0. The van der Waals surface area contributed by atoms with E-state index in [0.717, 1.165) is 0 Å². The molecular formula is C14H10ClNO3. The predicted octanol–water partition coefficient (Wildman–Crippen LogP) is 2.94. The minimum atomic E-state index is -0.644. The molecule has 1 aliphatic carbocycles. The second kappa shape index (κ2) is 5.63. The van der Waals surface area contributed by atoms with Crippen LogP contribution in [-0.2, 0) is 9.63 Å². The zero-order valence-corrected chi connectivity index (χ0v) is 10.8. The van der Waals surface area contributed by atoms with Crippen LogP contribution in [0.3, 0.4) is 0 Å². The van der Waals surface area contributed by atoms with Crippen LogP contribution >= 0.6 is 11.6 Å². The fourth-order valence-corrected chi connectivity index (χ4v) is 1.67. The van der Waals surface area contributed by atoms with Gasteiger partial charge in [0.25, 0.3) is 0 Å². The van der Waals surface area contributed by atoms with Gasteiger partial charge in [-0.15, -0.1) is 0 Å². The molecular weight excluding hydrogens is 266 g/mol. The Kier molecular flexibility index (Phi) is 3.92. The van der Waals surface area contributed by atoms with Crippen molar-refractivity contribution in [1.29, 1.82) is 0 Å². The second-order valence-corrected chi connectivity index (χ2v) is 4.31. The standard InChI is InChI=1S/C14H10ClNO3/c1-9-8-10(6-7-13(9)17)16-19-14(18)11-4-2-3-5-12(11)15/h2-8H,1H3/b16-10+. The van der Waals surface area contributed by atoms with E-state index in [9.17, 15) is 9.59 Å². The normalized spacial score (nSPS) is 16.4. The topological polar surface area (TPSA) is 55.7 Å². The summed E-state index contributed by atoms with van der Waals surface area (Å²) in [5.74, 6) is -0.731. The molecule has 0 fully saturated rings. The van der Waals surface area contributed by atoms with Gasteiger partial charge in [0, 0.05) is 0 Å². The number of hydrogen-bond donors (Lipinski definition) is 0. The summed E-state index contributed by atoms with van der Waals surface area (Å²) in [6.45, 7) is 1.66. The Morgan fingerprint density at radius 2 is 2.00 bits per heavy atom. The zero-order valence-electron chi connectivity index (χ0n) is 10.1. The number of allylic oxidation sites excluding steroid dienone is 4. The quantitative estimate of drug-likeness (QED) is 0.474. The molecule has 0 saturated heterocycles. The average Bonchev–Trinajstić information content (AvgIpc) is 2.40. The molecule has 0 atom stereocenters. The third-order valence-electron chi connectivity index (χ3n) is 2.49. The Hall–Kier alpha value is -2.20. The van der Waals surface area contributed by atoms with Crippen LogP contribution in [0.1, 0.15) is 17.3 Å². The average molecular weight is 276 g/mol. The Bertz CT molecular complexity index is 629. The largest absolute Gasteiger partial charge is 0.367 e. The van der Waals surface area contributed by atoms with Crippen LogP contribution in [0.5, 0.6) is 0 Å². The highest BCUT2D eigenvalue weighted by atomic mass is 35.5. The number of rotatable bonds is 2. The lowest BCUT2D eigenvalue weighted by atomic mass is 10.1. The number of oxime groups is 1. The van der Waals surface area contributed by atoms with Gasteiger partial charge in [-0.1, -0.05) is 28.9 Å². The number of benzene rings is 1. The van der Waals surface area contributed by atoms with E-state index >= 15 is 0 Å². The van der Waals surface area contributed by atoms with Gasteiger partial charge in [-0.25, -0.2) is 4.79 Å². The lowest BCUT2D eigenvalue weighted by molar-refractivity contribution is -0.111. The summed E-state index contributed by atoms with van der Waals surface area (Å²) >= 11 is 5.86. The molecule has 0 amide bonds. The lowest BCUT2D eigenvalue weighted by Gasteiger charge is -2.04. The molecule has 0 spiro atoms. The molecule has 1 aromatic rings. The molecule has 0 bridgehead atoms. The number of hydrogen-bond acceptors (Lipinski definition) is 4. The van der Waals surface area contributed by atoms with Crippen LogP contribution in [0.4, 0.5) is 0 Å². The van der Waals surface area contributed by atoms with Gasteiger partial charge in [0.2, 0.25) is 0 Å². The molecule has 96 valence electrons. The molecule has 1 aliphatic rings. The number of carbonyl (C=O) groups is 2. The first kappa shape index (κ1) is 13.2. The maximum absolute atomic E-state index is 11.7. The van der Waals surface area contributed by atoms with Gasteiger partial charge in [-0.3, -0.25) is 4.79 Å². The Morgan fingerprint density at radius 3 is 2.68 bits per heavy atom. The van der Waals surface area contributed by atoms with Gasteiger partial charge in [-0.05, 0) is 42.9 Å². The molecule has 0 N–H and O–H groups in total. The van der Waals surface area contributed by atoms with Gasteiger partial charge < -0.3 is 4.84 Å². The first-order valence-electron chi connectivity index (χ1n) is 5.52. The molecule has 0 heterocycles. The van der Waals surface area contributed by atoms with Crippen LogP contribution in [-0.4, -0.2) is 17.5 Å². The molecule has 0 aromatic heterocycles. The highest BCUT2D eigenvalue weighted by Gasteiger charge is 2.12. The summed E-state index contributed by atoms with van der Waals surface area (Å²) in [6.07, 6.45) is 4.40. The van der Waals surface area contributed by atoms with Crippen molar-refractivity contribution in [3.8, 4) is 0 Å². The van der Waals surface area contributed by atoms with Gasteiger partial charge in [0.15, 0.2) is 5.78 Å². The summed E-state index contributed by atoms with van der Waals surface area (Å²) in [5, 5.41) is 3.98. The van der Waals surface area contributed by atoms with Crippen molar-refractivity contribution in [2.45, 2.75) is 6.92 Å². The van der Waals surface area contributed by atoms with Crippen molar-refractivity contribution < 1.29 is 14.4 Å². The van der Waals surface area contributed by atoms with Crippen LogP contribution in [0.15, 0.2) is 53.2 Å². The maximum Gasteiger partial charge on any atom is 0.367 e. The van der Waals surface area contributed by atoms with Crippen molar-refractivity contribution in [3.63, 3.8) is 0 Å². The molecule has 2 rings (SSSR count). The van der Waals surface area contributed by atoms with E-state index in [1.165, 1.54) is 12.2 Å². The van der Waals surface area contributed by atoms with E-state index in [1.807, 2.05) is 0 Å². The van der Waals surface area contributed by atoms with Gasteiger partial charge >= 0.3 is 5.97 Å². The molecule has 0 radical (unpaired) electrons. The van der Waals surface area contributed by atoms with Crippen LogP contribution in [0, 0.1) is 0 Å². The van der Waals surface area contributed by atoms with Crippen molar-refractivity contribution in [2.75, 3.05) is 0 Å². The summed E-state index contributed by atoms with van der Waals surface area (Å²) in [4.78, 5) is 27.7. The SMILES string of the molecule is CC1=C/C(=N/OC(=O)c2ccccc2Cl)C=CC1=O. The van der Waals surface area contributed by atoms with Crippen molar-refractivity contribution in [1.82, 2.24) is 0 Å². The molecule has 0 saturated carbocycles. The van der Waals surface area contributed by atoms with Crippen molar-refractivity contribution in [2.24, 2.45) is 5.16 Å². The minimum absolute atomic E-state index is 0.0867. The van der Waals surface area contributed by atoms with E-state index in [-0.39, 0.29) is 11.3 Å². The molecule has 0 unspecified atom stereocenters. The van der Waals surface area contributed by atoms with E-state index in [0.29, 0.717) is 16.3 Å². The molecule has 0 aliphatic heterocycles. The van der Waals surface area contributed by atoms with E-state index in [2.05, 4.69) is 5.16 Å². The monoisotopic (exact) mass is 275 g/mol. The van der Waals surface area contributed by atoms with Crippen LogP contribution < -0.4 is 0 Å². The Balaban J connectivity index is 2.12. The van der Waals surface area contributed by atoms with Crippen LogP contribution in [0.2, 0.25) is 5.02 Å². The number of nitrogens with zero attached hydrogens (tertiary/aromatic N) is 1. The maximum atomic E-state index is 11.7. The Morgan fingerprint density at radius 1 is 1.26 bits per heavy atom. The van der Waals surface area contributed by atoms with E-state index < -0.39 is 5.97 Å². The predicted molar refractivity (Wildman–Crippen MR) is 72.2 cm³/mol. The van der Waals surface area contributed by atoms with Crippen molar-refractivity contribution in [3.05, 3.63) is 58.7 Å². The minimum Gasteiger partial charge on any atom is -0.312 e. The van der Waals surface area contributed by atoms with Crippen molar-refractivity contribution >= 4 is 29.1 Å². The first-order chi connectivity index (χ1) is 9.08. The molecule has 4 nitrogen and oxygen atoms in total. The van der Waals surface area contributed by atoms with E-state index in [4.69, 9.17) is 16.4 Å². The van der Waals surface area contributed by atoms with Crippen LogP contribution in [0.25, 0.3) is 0 Å². The number of halogens is 1. The lowest BCUT2D eigenvalue weighted by Crippen LogP contribution is -2.08.